The van der Waals surface area contributed by atoms with Crippen LogP contribution in [0.4, 0.5) is 0 Å². The molecule has 3 N–H and O–H groups in total. The van der Waals surface area contributed by atoms with E-state index >= 15 is 0 Å². The monoisotopic (exact) mass is 372 g/mol. The molecule has 0 spiro atoms. The minimum absolute atomic E-state index is 0.0418. The van der Waals surface area contributed by atoms with Crippen molar-refractivity contribution in [3.8, 4) is 11.5 Å². The van der Waals surface area contributed by atoms with E-state index < -0.39 is 19.9 Å². The number of phenols is 1. The van der Waals surface area contributed by atoms with Crippen LogP contribution < -0.4 is 4.74 Å². The molecule has 0 aromatic heterocycles. The van der Waals surface area contributed by atoms with Crippen molar-refractivity contribution in [1.82, 2.24) is 0 Å². The number of benzene rings is 1. The van der Waals surface area contributed by atoms with Crippen LogP contribution in [0, 0.1) is 6.92 Å². The third-order valence-corrected chi connectivity index (χ3v) is 4.41. The minimum atomic E-state index is -4.20. The summed E-state index contributed by atoms with van der Waals surface area (Å²) in [5.74, 6) is -0.250. The molecule has 0 saturated heterocycles. The molecule has 0 radical (unpaired) electrons. The molecule has 0 fully saturated rings. The number of cyclic esters (lactones) is 1. The van der Waals surface area contributed by atoms with Gasteiger partial charge in [-0.1, -0.05) is 11.6 Å². The number of allylic oxidation sites excluding steroid dienone is 1. The normalized spacial score (nSPS) is 14.4. The van der Waals surface area contributed by atoms with E-state index in [0.29, 0.717) is 16.9 Å². The summed E-state index contributed by atoms with van der Waals surface area (Å²) in [6.45, 7) is 3.68. The summed E-state index contributed by atoms with van der Waals surface area (Å²) in [6.07, 6.45) is 1.35. The number of methoxy groups -OCH3 is 1. The highest BCUT2D eigenvalue weighted by Gasteiger charge is 2.31. The maximum absolute atomic E-state index is 11.8. The highest BCUT2D eigenvalue weighted by molar-refractivity contribution is 7.51. The topological polar surface area (TPSA) is 123 Å². The molecule has 1 aliphatic rings. The SMILES string of the molecule is COc1c(C)c2c(c(O)c1C/C=C(\C)COCP(=O)(O)O)C(=O)OC2. The maximum atomic E-state index is 11.8. The summed E-state index contributed by atoms with van der Waals surface area (Å²) >= 11 is 0. The largest absolute Gasteiger partial charge is 0.507 e. The standard InChI is InChI=1S/C16H21O8P/c1-9(6-23-8-25(19,20)21)4-5-11-14(17)13-12(7-24-16(13)18)10(2)15(11)22-3/h4,17H,5-8H2,1-3H3,(H2,19,20,21)/b9-4+. The number of ether oxygens (including phenoxy) is 3. The first-order valence-electron chi connectivity index (χ1n) is 7.52. The second-order valence-electron chi connectivity index (χ2n) is 5.81. The van der Waals surface area contributed by atoms with Crippen molar-refractivity contribution in [2.75, 3.05) is 20.1 Å². The molecular formula is C16H21O8P. The smallest absolute Gasteiger partial charge is 0.350 e. The lowest BCUT2D eigenvalue weighted by molar-refractivity contribution is 0.0533. The summed E-state index contributed by atoms with van der Waals surface area (Å²) in [7, 11) is -2.72. The molecule has 0 unspecified atom stereocenters. The Morgan fingerprint density at radius 2 is 2.08 bits per heavy atom. The third-order valence-electron chi connectivity index (χ3n) is 3.89. The molecule has 1 heterocycles. The van der Waals surface area contributed by atoms with Gasteiger partial charge in [0, 0.05) is 11.1 Å². The molecule has 8 nitrogen and oxygen atoms in total. The predicted molar refractivity (Wildman–Crippen MR) is 88.8 cm³/mol. The number of rotatable bonds is 7. The van der Waals surface area contributed by atoms with Crippen molar-refractivity contribution < 1.29 is 38.5 Å². The fraction of sp³-hybridized carbons (Fsp3) is 0.438. The molecule has 0 bridgehead atoms. The van der Waals surface area contributed by atoms with E-state index in [0.717, 1.165) is 11.1 Å². The fourth-order valence-corrected chi connectivity index (χ4v) is 3.02. The van der Waals surface area contributed by atoms with Crippen molar-refractivity contribution in [3.05, 3.63) is 33.9 Å². The van der Waals surface area contributed by atoms with Gasteiger partial charge >= 0.3 is 13.6 Å². The van der Waals surface area contributed by atoms with Crippen molar-refractivity contribution in [1.29, 1.82) is 0 Å². The van der Waals surface area contributed by atoms with Crippen molar-refractivity contribution in [2.24, 2.45) is 0 Å². The van der Waals surface area contributed by atoms with Gasteiger partial charge in [-0.3, -0.25) is 4.57 Å². The molecule has 1 aromatic carbocycles. The van der Waals surface area contributed by atoms with Gasteiger partial charge in [-0.05, 0) is 25.8 Å². The summed E-state index contributed by atoms with van der Waals surface area (Å²) < 4.78 is 26.1. The highest BCUT2D eigenvalue weighted by Crippen LogP contribution is 2.42. The van der Waals surface area contributed by atoms with E-state index in [2.05, 4.69) is 0 Å². The zero-order valence-corrected chi connectivity index (χ0v) is 15.1. The van der Waals surface area contributed by atoms with Crippen LogP contribution in [0.3, 0.4) is 0 Å². The summed E-state index contributed by atoms with van der Waals surface area (Å²) in [5.41, 5.74) is 2.69. The third kappa shape index (κ3) is 4.41. The Hall–Kier alpha value is -1.86. The zero-order chi connectivity index (χ0) is 18.8. The molecule has 1 aliphatic heterocycles. The number of phenolic OH excluding ortho intramolecular Hbond substituents is 1. The van der Waals surface area contributed by atoms with Gasteiger partial charge in [0.25, 0.3) is 0 Å². The maximum Gasteiger partial charge on any atom is 0.350 e. The van der Waals surface area contributed by atoms with Crippen LogP contribution >= 0.6 is 7.60 Å². The zero-order valence-electron chi connectivity index (χ0n) is 14.2. The molecule has 9 heteroatoms. The van der Waals surface area contributed by atoms with Gasteiger partial charge in [-0.25, -0.2) is 4.79 Å². The molecule has 2 rings (SSSR count). The first-order valence-corrected chi connectivity index (χ1v) is 9.31. The fourth-order valence-electron chi connectivity index (χ4n) is 2.69. The molecule has 25 heavy (non-hydrogen) atoms. The number of esters is 1. The van der Waals surface area contributed by atoms with E-state index in [-0.39, 0.29) is 30.9 Å². The Morgan fingerprint density at radius 1 is 1.40 bits per heavy atom. The second-order valence-corrected chi connectivity index (χ2v) is 7.40. The van der Waals surface area contributed by atoms with E-state index in [1.54, 1.807) is 19.9 Å². The summed E-state index contributed by atoms with van der Waals surface area (Å²) in [5, 5.41) is 10.5. The van der Waals surface area contributed by atoms with Gasteiger partial charge in [0.15, 0.2) is 0 Å². The van der Waals surface area contributed by atoms with Gasteiger partial charge in [0.1, 0.15) is 30.0 Å². The Kier molecular flexibility index (Phi) is 5.90. The Bertz CT molecular complexity index is 762. The second kappa shape index (κ2) is 7.58. The average Bonchev–Trinajstić information content (AvgIpc) is 2.90. The highest BCUT2D eigenvalue weighted by atomic mass is 31.2. The van der Waals surface area contributed by atoms with Crippen LogP contribution in [-0.4, -0.2) is 40.9 Å². The van der Waals surface area contributed by atoms with Gasteiger partial charge in [-0.2, -0.15) is 0 Å². The molecule has 0 saturated carbocycles. The molecule has 0 amide bonds. The minimum Gasteiger partial charge on any atom is -0.507 e. The first kappa shape index (κ1) is 19.5. The Balaban J connectivity index is 2.23. The number of carbonyl (C=O) groups is 1. The first-order chi connectivity index (χ1) is 11.7. The van der Waals surface area contributed by atoms with Crippen LogP contribution in [0.5, 0.6) is 11.5 Å². The lowest BCUT2D eigenvalue weighted by atomic mass is 9.95. The van der Waals surface area contributed by atoms with Gasteiger partial charge in [0.05, 0.1) is 13.7 Å². The molecule has 1 aromatic rings. The van der Waals surface area contributed by atoms with Crippen LogP contribution in [-0.2, 0) is 27.1 Å². The van der Waals surface area contributed by atoms with E-state index in [1.807, 2.05) is 0 Å². The summed E-state index contributed by atoms with van der Waals surface area (Å²) in [6, 6.07) is 0. The van der Waals surface area contributed by atoms with E-state index in [1.165, 1.54) is 7.11 Å². The Morgan fingerprint density at radius 3 is 2.68 bits per heavy atom. The Labute approximate surface area is 145 Å². The summed E-state index contributed by atoms with van der Waals surface area (Å²) in [4.78, 5) is 29.4. The number of hydrogen-bond acceptors (Lipinski definition) is 6. The van der Waals surface area contributed by atoms with E-state index in [9.17, 15) is 14.5 Å². The van der Waals surface area contributed by atoms with Gasteiger partial charge in [-0.15, -0.1) is 0 Å². The number of hydrogen-bond donors (Lipinski definition) is 3. The lowest BCUT2D eigenvalue weighted by Crippen LogP contribution is -2.04. The molecular weight excluding hydrogens is 351 g/mol. The lowest BCUT2D eigenvalue weighted by Gasteiger charge is -2.15. The van der Waals surface area contributed by atoms with Crippen LogP contribution in [0.1, 0.15) is 34.0 Å². The van der Waals surface area contributed by atoms with Crippen LogP contribution in [0.2, 0.25) is 0 Å². The quantitative estimate of drug-likeness (QED) is 0.377. The van der Waals surface area contributed by atoms with Crippen molar-refractivity contribution in [2.45, 2.75) is 26.9 Å². The number of aromatic hydroxyl groups is 1. The van der Waals surface area contributed by atoms with Gasteiger partial charge < -0.3 is 29.1 Å². The number of fused-ring (bicyclic) bond motifs is 1. The van der Waals surface area contributed by atoms with E-state index in [4.69, 9.17) is 24.0 Å². The van der Waals surface area contributed by atoms with Gasteiger partial charge in [0.2, 0.25) is 0 Å². The number of carbonyl (C=O) groups excluding carboxylic acids is 1. The van der Waals surface area contributed by atoms with Crippen molar-refractivity contribution in [3.63, 3.8) is 0 Å². The molecule has 0 aliphatic carbocycles. The molecule has 0 atom stereocenters. The predicted octanol–water partition coefficient (Wildman–Crippen LogP) is 2.02. The van der Waals surface area contributed by atoms with Crippen LogP contribution in [0.15, 0.2) is 11.6 Å². The molecule has 138 valence electrons. The van der Waals surface area contributed by atoms with Crippen molar-refractivity contribution >= 4 is 13.6 Å². The van der Waals surface area contributed by atoms with Crippen LogP contribution in [0.25, 0.3) is 0 Å². The average molecular weight is 372 g/mol.